The first-order valence-electron chi connectivity index (χ1n) is 8.19. The van der Waals surface area contributed by atoms with Crippen molar-refractivity contribution in [1.29, 1.82) is 0 Å². The molecule has 1 aromatic carbocycles. The maximum atomic E-state index is 12.7. The van der Waals surface area contributed by atoms with E-state index in [0.29, 0.717) is 5.56 Å². The van der Waals surface area contributed by atoms with E-state index in [9.17, 15) is 18.0 Å². The monoisotopic (exact) mass is 389 g/mol. The van der Waals surface area contributed by atoms with Crippen LogP contribution in [0.1, 0.15) is 31.9 Å². The fraction of sp³-hybridized carbons (Fsp3) is 0.263. The Bertz CT molecular complexity index is 1040. The second-order valence-corrected chi connectivity index (χ2v) is 8.57. The Hall–Kier alpha value is -2.87. The fourth-order valence-corrected chi connectivity index (χ4v) is 3.88. The molecule has 142 valence electrons. The SMILES string of the molecule is CC(=C1C(=O)OC(C)(C)OC1=O)c1ccn(S(=O)(=O)c2ccc(C)cc2)c1. The summed E-state index contributed by atoms with van der Waals surface area (Å²) in [5, 5.41) is 0. The van der Waals surface area contributed by atoms with Gasteiger partial charge in [0.2, 0.25) is 0 Å². The van der Waals surface area contributed by atoms with Gasteiger partial charge in [0.15, 0.2) is 0 Å². The molecule has 0 unspecified atom stereocenters. The van der Waals surface area contributed by atoms with Crippen LogP contribution in [0.2, 0.25) is 0 Å². The van der Waals surface area contributed by atoms with E-state index in [1.54, 1.807) is 12.1 Å². The number of aromatic nitrogens is 1. The number of ether oxygens (including phenoxy) is 2. The smallest absolute Gasteiger partial charge is 0.349 e. The minimum atomic E-state index is -3.78. The Balaban J connectivity index is 1.99. The number of carbonyl (C=O) groups excluding carboxylic acids is 2. The van der Waals surface area contributed by atoms with Gasteiger partial charge < -0.3 is 9.47 Å². The van der Waals surface area contributed by atoms with Gasteiger partial charge >= 0.3 is 11.9 Å². The third kappa shape index (κ3) is 3.52. The third-order valence-electron chi connectivity index (χ3n) is 4.16. The molecule has 0 bridgehead atoms. The van der Waals surface area contributed by atoms with E-state index >= 15 is 0 Å². The zero-order chi connectivity index (χ0) is 20.0. The lowest BCUT2D eigenvalue weighted by atomic mass is 10.0. The molecule has 2 heterocycles. The summed E-state index contributed by atoms with van der Waals surface area (Å²) < 4.78 is 36.7. The van der Waals surface area contributed by atoms with Crippen LogP contribution in [0.15, 0.2) is 53.2 Å². The van der Waals surface area contributed by atoms with Crippen molar-refractivity contribution in [2.75, 3.05) is 0 Å². The number of cyclic esters (lactones) is 2. The van der Waals surface area contributed by atoms with Crippen LogP contribution in [0.3, 0.4) is 0 Å². The van der Waals surface area contributed by atoms with E-state index in [1.165, 1.54) is 51.4 Å². The van der Waals surface area contributed by atoms with Gasteiger partial charge in [0.25, 0.3) is 15.8 Å². The molecule has 1 aliphatic heterocycles. The zero-order valence-electron chi connectivity index (χ0n) is 15.3. The number of hydrogen-bond donors (Lipinski definition) is 0. The van der Waals surface area contributed by atoms with Crippen LogP contribution < -0.4 is 0 Å². The van der Waals surface area contributed by atoms with Crippen LogP contribution in [-0.4, -0.2) is 30.1 Å². The number of aryl methyl sites for hydroxylation is 1. The molecule has 1 aliphatic rings. The standard InChI is InChI=1S/C19H19NO6S/c1-12-5-7-15(8-6-12)27(23,24)20-10-9-14(11-20)13(2)16-17(21)25-19(3,4)26-18(16)22/h5-11H,1-4H3. The lowest BCUT2D eigenvalue weighted by Crippen LogP contribution is -2.42. The summed E-state index contributed by atoms with van der Waals surface area (Å²) >= 11 is 0. The zero-order valence-corrected chi connectivity index (χ0v) is 16.2. The molecule has 0 atom stereocenters. The first kappa shape index (κ1) is 18.9. The van der Waals surface area contributed by atoms with Gasteiger partial charge in [0.1, 0.15) is 5.57 Å². The molecule has 0 N–H and O–H groups in total. The van der Waals surface area contributed by atoms with Crippen molar-refractivity contribution in [3.05, 3.63) is 59.4 Å². The van der Waals surface area contributed by atoms with Crippen LogP contribution >= 0.6 is 0 Å². The van der Waals surface area contributed by atoms with Gasteiger partial charge in [0.05, 0.1) is 4.90 Å². The summed E-state index contributed by atoms with van der Waals surface area (Å²) in [6, 6.07) is 7.97. The molecule has 1 aromatic heterocycles. The van der Waals surface area contributed by atoms with Crippen molar-refractivity contribution in [2.45, 2.75) is 38.4 Å². The molecule has 0 spiro atoms. The average Bonchev–Trinajstić information content (AvgIpc) is 3.04. The van der Waals surface area contributed by atoms with Gasteiger partial charge in [-0.15, -0.1) is 0 Å². The van der Waals surface area contributed by atoms with Crippen molar-refractivity contribution in [3.8, 4) is 0 Å². The third-order valence-corrected chi connectivity index (χ3v) is 5.81. The first-order valence-corrected chi connectivity index (χ1v) is 9.63. The highest BCUT2D eigenvalue weighted by atomic mass is 32.2. The van der Waals surface area contributed by atoms with E-state index in [-0.39, 0.29) is 16.0 Å². The Morgan fingerprint density at radius 1 is 1.00 bits per heavy atom. The van der Waals surface area contributed by atoms with Crippen LogP contribution in [-0.2, 0) is 29.1 Å². The van der Waals surface area contributed by atoms with E-state index in [1.807, 2.05) is 6.92 Å². The lowest BCUT2D eigenvalue weighted by molar-refractivity contribution is -0.222. The molecular weight excluding hydrogens is 370 g/mol. The van der Waals surface area contributed by atoms with E-state index in [2.05, 4.69) is 0 Å². The molecule has 0 saturated carbocycles. The maximum Gasteiger partial charge on any atom is 0.349 e. The first-order chi connectivity index (χ1) is 12.5. The van der Waals surface area contributed by atoms with Crippen molar-refractivity contribution in [2.24, 2.45) is 0 Å². The van der Waals surface area contributed by atoms with Crippen molar-refractivity contribution in [3.63, 3.8) is 0 Å². The fourth-order valence-electron chi connectivity index (χ4n) is 2.68. The average molecular weight is 389 g/mol. The Kier molecular flexibility index (Phi) is 4.47. The molecular formula is C19H19NO6S. The number of esters is 2. The highest BCUT2D eigenvalue weighted by molar-refractivity contribution is 7.90. The number of hydrogen-bond acceptors (Lipinski definition) is 6. The molecule has 3 rings (SSSR count). The molecule has 27 heavy (non-hydrogen) atoms. The van der Waals surface area contributed by atoms with Gasteiger partial charge in [-0.05, 0) is 43.2 Å². The molecule has 0 radical (unpaired) electrons. The van der Waals surface area contributed by atoms with Gasteiger partial charge in [-0.25, -0.2) is 22.0 Å². The molecule has 1 fully saturated rings. The van der Waals surface area contributed by atoms with Gasteiger partial charge in [-0.3, -0.25) is 0 Å². The summed E-state index contributed by atoms with van der Waals surface area (Å²) in [6.45, 7) is 6.32. The normalized spacial score (nSPS) is 16.7. The highest BCUT2D eigenvalue weighted by Crippen LogP contribution is 2.29. The summed E-state index contributed by atoms with van der Waals surface area (Å²) in [4.78, 5) is 24.5. The van der Waals surface area contributed by atoms with Crippen molar-refractivity contribution < 1.29 is 27.5 Å². The molecule has 0 aliphatic carbocycles. The van der Waals surface area contributed by atoms with E-state index < -0.39 is 27.7 Å². The predicted molar refractivity (Wildman–Crippen MR) is 97.1 cm³/mol. The molecule has 1 saturated heterocycles. The number of rotatable bonds is 3. The summed E-state index contributed by atoms with van der Waals surface area (Å²) in [7, 11) is -3.78. The van der Waals surface area contributed by atoms with Crippen LogP contribution in [0.5, 0.6) is 0 Å². The Labute approximate surface area is 157 Å². The number of nitrogens with zero attached hydrogens (tertiary/aromatic N) is 1. The summed E-state index contributed by atoms with van der Waals surface area (Å²) in [5.41, 5.74) is 1.37. The van der Waals surface area contributed by atoms with Gasteiger partial charge in [-0.2, -0.15) is 0 Å². The van der Waals surface area contributed by atoms with Crippen molar-refractivity contribution in [1.82, 2.24) is 3.97 Å². The molecule has 7 nitrogen and oxygen atoms in total. The van der Waals surface area contributed by atoms with Crippen LogP contribution in [0.4, 0.5) is 0 Å². The number of benzene rings is 1. The quantitative estimate of drug-likeness (QED) is 0.455. The second-order valence-electron chi connectivity index (χ2n) is 6.73. The number of allylic oxidation sites excluding steroid dienone is 1. The number of carbonyl (C=O) groups is 2. The summed E-state index contributed by atoms with van der Waals surface area (Å²) in [6.07, 6.45) is 2.70. The molecule has 2 aromatic rings. The predicted octanol–water partition coefficient (Wildman–Crippen LogP) is 2.64. The topological polar surface area (TPSA) is 91.7 Å². The second kappa shape index (κ2) is 6.38. The highest BCUT2D eigenvalue weighted by Gasteiger charge is 2.40. The van der Waals surface area contributed by atoms with Gasteiger partial charge in [-0.1, -0.05) is 17.7 Å². The Morgan fingerprint density at radius 2 is 1.56 bits per heavy atom. The summed E-state index contributed by atoms with van der Waals surface area (Å²) in [5.74, 6) is -2.94. The maximum absolute atomic E-state index is 12.7. The van der Waals surface area contributed by atoms with Gasteiger partial charge in [0, 0.05) is 26.2 Å². The van der Waals surface area contributed by atoms with Crippen LogP contribution in [0, 0.1) is 6.92 Å². The Morgan fingerprint density at radius 3 is 2.11 bits per heavy atom. The minimum Gasteiger partial charge on any atom is -0.419 e. The lowest BCUT2D eigenvalue weighted by Gasteiger charge is -2.30. The molecule has 0 amide bonds. The largest absolute Gasteiger partial charge is 0.419 e. The molecule has 8 heteroatoms. The van der Waals surface area contributed by atoms with E-state index in [4.69, 9.17) is 9.47 Å². The van der Waals surface area contributed by atoms with Crippen LogP contribution in [0.25, 0.3) is 5.57 Å². The van der Waals surface area contributed by atoms with Crippen molar-refractivity contribution >= 4 is 27.5 Å². The minimum absolute atomic E-state index is 0.138. The van der Waals surface area contributed by atoms with E-state index in [0.717, 1.165) is 9.54 Å².